The minimum atomic E-state index is -2.87. The van der Waals surface area contributed by atoms with E-state index in [1.807, 2.05) is 0 Å². The van der Waals surface area contributed by atoms with Gasteiger partial charge in [0.25, 0.3) is 5.91 Å². The first-order valence-electron chi connectivity index (χ1n) is 7.97. The number of nitrogens with zero attached hydrogens (tertiary/aromatic N) is 1. The van der Waals surface area contributed by atoms with E-state index in [-0.39, 0.29) is 24.0 Å². The molecule has 0 unspecified atom stereocenters. The molecule has 1 amide bonds. The quantitative estimate of drug-likeness (QED) is 0.656. The molecule has 1 N–H and O–H groups in total. The molecule has 8 heteroatoms. The highest BCUT2D eigenvalue weighted by molar-refractivity contribution is 7.17. The normalized spacial score (nSPS) is 10.9. The lowest BCUT2D eigenvalue weighted by Gasteiger charge is -2.07. The number of aryl methyl sites for hydroxylation is 1. The maximum absolute atomic E-state index is 13.0. The average Bonchev–Trinajstić information content (AvgIpc) is 3.03. The van der Waals surface area contributed by atoms with Crippen molar-refractivity contribution in [3.05, 3.63) is 70.5 Å². The fraction of sp³-hybridized carbons (Fsp3) is 0.158. The van der Waals surface area contributed by atoms with Crippen LogP contribution in [-0.2, 0) is 6.54 Å². The molecule has 2 aromatic carbocycles. The van der Waals surface area contributed by atoms with Crippen LogP contribution >= 0.6 is 11.3 Å². The first kappa shape index (κ1) is 18.9. The van der Waals surface area contributed by atoms with Crippen LogP contribution in [0.4, 0.5) is 13.2 Å². The van der Waals surface area contributed by atoms with Crippen LogP contribution in [0, 0.1) is 12.7 Å². The van der Waals surface area contributed by atoms with E-state index in [9.17, 15) is 18.0 Å². The molecule has 3 aromatic rings. The van der Waals surface area contributed by atoms with Gasteiger partial charge in [0.15, 0.2) is 0 Å². The summed E-state index contributed by atoms with van der Waals surface area (Å²) in [5.41, 5.74) is 2.06. The predicted molar refractivity (Wildman–Crippen MR) is 96.5 cm³/mol. The van der Waals surface area contributed by atoms with Gasteiger partial charge in [-0.05, 0) is 48.9 Å². The van der Waals surface area contributed by atoms with Crippen molar-refractivity contribution >= 4 is 17.2 Å². The number of aromatic nitrogens is 1. The van der Waals surface area contributed by atoms with Gasteiger partial charge >= 0.3 is 6.61 Å². The van der Waals surface area contributed by atoms with Gasteiger partial charge in [-0.2, -0.15) is 8.78 Å². The maximum Gasteiger partial charge on any atom is 0.387 e. The molecule has 1 heterocycles. The Morgan fingerprint density at radius 1 is 1.15 bits per heavy atom. The van der Waals surface area contributed by atoms with Gasteiger partial charge in [-0.15, -0.1) is 11.3 Å². The Labute approximate surface area is 157 Å². The van der Waals surface area contributed by atoms with E-state index < -0.39 is 6.61 Å². The Morgan fingerprint density at radius 3 is 2.44 bits per heavy atom. The topological polar surface area (TPSA) is 51.2 Å². The van der Waals surface area contributed by atoms with E-state index >= 15 is 0 Å². The number of rotatable bonds is 6. The average molecular weight is 392 g/mol. The summed E-state index contributed by atoms with van der Waals surface area (Å²) in [7, 11) is 0. The van der Waals surface area contributed by atoms with Crippen molar-refractivity contribution in [2.75, 3.05) is 0 Å². The number of halogens is 3. The molecule has 3 rings (SSSR count). The molecule has 0 aliphatic carbocycles. The summed E-state index contributed by atoms with van der Waals surface area (Å²) in [5, 5.41) is 3.40. The van der Waals surface area contributed by atoms with E-state index in [2.05, 4.69) is 15.0 Å². The summed E-state index contributed by atoms with van der Waals surface area (Å²) in [6, 6.07) is 11.9. The number of amides is 1. The largest absolute Gasteiger partial charge is 0.435 e. The maximum atomic E-state index is 13.0. The van der Waals surface area contributed by atoms with Crippen LogP contribution in [0.25, 0.3) is 10.6 Å². The molecule has 0 fully saturated rings. The fourth-order valence-corrected chi connectivity index (χ4v) is 3.36. The molecule has 0 spiro atoms. The molecular weight excluding hydrogens is 377 g/mol. The van der Waals surface area contributed by atoms with E-state index in [1.54, 1.807) is 31.2 Å². The molecule has 0 bridgehead atoms. The van der Waals surface area contributed by atoms with Gasteiger partial charge < -0.3 is 10.1 Å². The van der Waals surface area contributed by atoms with E-state index in [4.69, 9.17) is 0 Å². The van der Waals surface area contributed by atoms with E-state index in [1.165, 1.54) is 35.6 Å². The lowest BCUT2D eigenvalue weighted by molar-refractivity contribution is -0.0498. The Hall–Kier alpha value is -2.87. The number of benzene rings is 2. The molecule has 0 saturated carbocycles. The van der Waals surface area contributed by atoms with Crippen LogP contribution in [0.3, 0.4) is 0 Å². The second kappa shape index (κ2) is 8.22. The zero-order chi connectivity index (χ0) is 19.4. The second-order valence-electron chi connectivity index (χ2n) is 5.65. The Bertz CT molecular complexity index is 925. The Kier molecular flexibility index (Phi) is 5.75. The molecule has 0 aliphatic rings. The molecule has 0 aliphatic heterocycles. The van der Waals surface area contributed by atoms with Crippen molar-refractivity contribution in [3.63, 3.8) is 0 Å². The SMILES string of the molecule is Cc1nc(-c2ccc(F)cc2)sc1C(=O)NCc1ccc(OC(F)F)cc1. The monoisotopic (exact) mass is 392 g/mol. The summed E-state index contributed by atoms with van der Waals surface area (Å²) < 4.78 is 41.6. The molecule has 4 nitrogen and oxygen atoms in total. The summed E-state index contributed by atoms with van der Waals surface area (Å²) in [6.07, 6.45) is 0. The van der Waals surface area contributed by atoms with Gasteiger partial charge in [0.2, 0.25) is 0 Å². The fourth-order valence-electron chi connectivity index (χ4n) is 2.37. The molecule has 0 radical (unpaired) electrons. The van der Waals surface area contributed by atoms with Crippen molar-refractivity contribution in [2.24, 2.45) is 0 Å². The number of hydrogen-bond donors (Lipinski definition) is 1. The predicted octanol–water partition coefficient (Wildman–Crippen LogP) is 4.79. The number of nitrogens with one attached hydrogen (secondary N) is 1. The number of ether oxygens (including phenoxy) is 1. The first-order chi connectivity index (χ1) is 12.9. The summed E-state index contributed by atoms with van der Waals surface area (Å²) in [6.45, 7) is -0.911. The summed E-state index contributed by atoms with van der Waals surface area (Å²) >= 11 is 1.22. The molecule has 0 saturated heterocycles. The van der Waals surface area contributed by atoms with Gasteiger partial charge in [-0.3, -0.25) is 4.79 Å². The van der Waals surface area contributed by atoms with Gasteiger partial charge in [-0.25, -0.2) is 9.37 Å². The lowest BCUT2D eigenvalue weighted by atomic mass is 10.2. The first-order valence-corrected chi connectivity index (χ1v) is 8.79. The van der Waals surface area contributed by atoms with Gasteiger partial charge in [0.05, 0.1) is 5.69 Å². The third-order valence-corrected chi connectivity index (χ3v) is 4.90. The highest BCUT2D eigenvalue weighted by atomic mass is 32.1. The van der Waals surface area contributed by atoms with Crippen LogP contribution in [-0.4, -0.2) is 17.5 Å². The van der Waals surface area contributed by atoms with Crippen LogP contribution in [0.2, 0.25) is 0 Å². The number of alkyl halides is 2. The van der Waals surface area contributed by atoms with Crippen LogP contribution in [0.1, 0.15) is 20.9 Å². The number of carbonyl (C=O) groups excluding carboxylic acids is 1. The minimum Gasteiger partial charge on any atom is -0.435 e. The number of carbonyl (C=O) groups is 1. The summed E-state index contributed by atoms with van der Waals surface area (Å²) in [4.78, 5) is 17.3. The van der Waals surface area contributed by atoms with Gasteiger partial charge in [-0.1, -0.05) is 12.1 Å². The molecule has 0 atom stereocenters. The zero-order valence-corrected chi connectivity index (χ0v) is 15.0. The highest BCUT2D eigenvalue weighted by Crippen LogP contribution is 2.28. The summed E-state index contributed by atoms with van der Waals surface area (Å²) in [5.74, 6) is -0.566. The third kappa shape index (κ3) is 4.85. The van der Waals surface area contributed by atoms with E-state index in [0.29, 0.717) is 15.6 Å². The van der Waals surface area contributed by atoms with Crippen LogP contribution < -0.4 is 10.1 Å². The Balaban J connectivity index is 1.65. The highest BCUT2D eigenvalue weighted by Gasteiger charge is 2.16. The van der Waals surface area contributed by atoms with E-state index in [0.717, 1.165) is 11.1 Å². The van der Waals surface area contributed by atoms with Gasteiger partial charge in [0, 0.05) is 12.1 Å². The van der Waals surface area contributed by atoms with Crippen molar-refractivity contribution in [2.45, 2.75) is 20.1 Å². The zero-order valence-electron chi connectivity index (χ0n) is 14.2. The number of hydrogen-bond acceptors (Lipinski definition) is 4. The van der Waals surface area contributed by atoms with Crippen molar-refractivity contribution in [1.29, 1.82) is 0 Å². The van der Waals surface area contributed by atoms with Crippen molar-refractivity contribution in [1.82, 2.24) is 10.3 Å². The Morgan fingerprint density at radius 2 is 1.81 bits per heavy atom. The smallest absolute Gasteiger partial charge is 0.387 e. The van der Waals surface area contributed by atoms with Crippen LogP contribution in [0.15, 0.2) is 48.5 Å². The molecule has 27 heavy (non-hydrogen) atoms. The van der Waals surface area contributed by atoms with Crippen LogP contribution in [0.5, 0.6) is 5.75 Å². The minimum absolute atomic E-state index is 0.0577. The van der Waals surface area contributed by atoms with Crippen molar-refractivity contribution in [3.8, 4) is 16.3 Å². The van der Waals surface area contributed by atoms with Crippen molar-refractivity contribution < 1.29 is 22.7 Å². The standard InChI is InChI=1S/C19H15F3N2O2S/c1-11-16(27-18(24-11)13-4-6-14(20)7-5-13)17(25)23-10-12-2-8-15(9-3-12)26-19(21)22/h2-9,19H,10H2,1H3,(H,23,25). The molecule has 1 aromatic heterocycles. The molecular formula is C19H15F3N2O2S. The second-order valence-corrected chi connectivity index (χ2v) is 6.64. The third-order valence-electron chi connectivity index (χ3n) is 3.70. The number of thiazole rings is 1. The molecule has 140 valence electrons. The van der Waals surface area contributed by atoms with Gasteiger partial charge in [0.1, 0.15) is 21.5 Å². The lowest BCUT2D eigenvalue weighted by Crippen LogP contribution is -2.22.